The van der Waals surface area contributed by atoms with Crippen molar-refractivity contribution >= 4 is 11.9 Å². The normalized spacial score (nSPS) is 9.64. The minimum atomic E-state index is -0.277. The maximum Gasteiger partial charge on any atom is 0.240 e. The summed E-state index contributed by atoms with van der Waals surface area (Å²) >= 11 is 0. The summed E-state index contributed by atoms with van der Waals surface area (Å²) in [4.78, 5) is 10.7. The van der Waals surface area contributed by atoms with E-state index in [0.717, 1.165) is 0 Å². The van der Waals surface area contributed by atoms with Gasteiger partial charge in [0.1, 0.15) is 6.33 Å². The van der Waals surface area contributed by atoms with Crippen LogP contribution >= 0.6 is 0 Å². The summed E-state index contributed by atoms with van der Waals surface area (Å²) in [6, 6.07) is 0. The number of anilines is 1. The minimum absolute atomic E-state index is 0.0488. The highest BCUT2D eigenvalue weighted by atomic mass is 16.2. The highest BCUT2D eigenvalue weighted by Crippen LogP contribution is 1.96. The number of carbonyl (C=O) groups excluding carboxylic acids is 1. The van der Waals surface area contributed by atoms with Gasteiger partial charge < -0.3 is 10.3 Å². The fraction of sp³-hybridized carbons (Fsp3) is 0.400. The SMILES string of the molecule is Cn1cnnc1NC(=O)CN. The van der Waals surface area contributed by atoms with Gasteiger partial charge in [-0.15, -0.1) is 10.2 Å². The second-order valence-electron chi connectivity index (χ2n) is 2.02. The smallest absolute Gasteiger partial charge is 0.240 e. The highest BCUT2D eigenvalue weighted by Gasteiger charge is 2.02. The van der Waals surface area contributed by atoms with Gasteiger partial charge in [0.25, 0.3) is 0 Å². The van der Waals surface area contributed by atoms with Crippen molar-refractivity contribution in [1.29, 1.82) is 0 Å². The molecule has 11 heavy (non-hydrogen) atoms. The molecule has 0 saturated heterocycles. The van der Waals surface area contributed by atoms with Crippen LogP contribution in [0.1, 0.15) is 0 Å². The van der Waals surface area contributed by atoms with E-state index in [0.29, 0.717) is 5.95 Å². The Balaban J connectivity index is 2.64. The minimum Gasteiger partial charge on any atom is -0.322 e. The largest absolute Gasteiger partial charge is 0.322 e. The maximum atomic E-state index is 10.7. The average molecular weight is 155 g/mol. The van der Waals surface area contributed by atoms with Crippen LogP contribution in [0.25, 0.3) is 0 Å². The molecule has 3 N–H and O–H groups in total. The Morgan fingerprint density at radius 1 is 1.91 bits per heavy atom. The zero-order valence-corrected chi connectivity index (χ0v) is 6.11. The van der Waals surface area contributed by atoms with Gasteiger partial charge in [0.05, 0.1) is 6.54 Å². The standard InChI is InChI=1S/C5H9N5O/c1-10-3-7-9-5(10)8-4(11)2-6/h3H,2,6H2,1H3,(H,8,9,11). The summed E-state index contributed by atoms with van der Waals surface area (Å²) in [5, 5.41) is 9.66. The second-order valence-corrected chi connectivity index (χ2v) is 2.02. The van der Waals surface area contributed by atoms with E-state index in [9.17, 15) is 4.79 Å². The zero-order chi connectivity index (χ0) is 8.27. The number of aryl methyl sites for hydroxylation is 1. The van der Waals surface area contributed by atoms with Crippen LogP contribution in [0.5, 0.6) is 0 Å². The van der Waals surface area contributed by atoms with Crippen LogP contribution in [0.15, 0.2) is 6.33 Å². The van der Waals surface area contributed by atoms with Gasteiger partial charge in [0.15, 0.2) is 0 Å². The van der Waals surface area contributed by atoms with Crippen LogP contribution in [0.3, 0.4) is 0 Å². The van der Waals surface area contributed by atoms with Gasteiger partial charge >= 0.3 is 0 Å². The predicted molar refractivity (Wildman–Crippen MR) is 38.7 cm³/mol. The van der Waals surface area contributed by atoms with Crippen molar-refractivity contribution in [3.63, 3.8) is 0 Å². The number of nitrogens with one attached hydrogen (secondary N) is 1. The van der Waals surface area contributed by atoms with E-state index in [2.05, 4.69) is 15.5 Å². The molecule has 0 aromatic carbocycles. The monoisotopic (exact) mass is 155 g/mol. The summed E-state index contributed by atoms with van der Waals surface area (Å²) in [6.45, 7) is -0.0488. The van der Waals surface area contributed by atoms with Gasteiger partial charge in [-0.2, -0.15) is 0 Å². The summed E-state index contributed by atoms with van der Waals surface area (Å²) in [5.41, 5.74) is 5.07. The number of aromatic nitrogens is 3. The summed E-state index contributed by atoms with van der Waals surface area (Å²) in [7, 11) is 1.73. The maximum absolute atomic E-state index is 10.7. The fourth-order valence-corrected chi connectivity index (χ4v) is 0.572. The summed E-state index contributed by atoms with van der Waals surface area (Å²) in [6.07, 6.45) is 1.49. The third-order valence-corrected chi connectivity index (χ3v) is 1.15. The van der Waals surface area contributed by atoms with Crippen LogP contribution in [-0.4, -0.2) is 27.2 Å². The molecule has 60 valence electrons. The number of carbonyl (C=O) groups is 1. The Morgan fingerprint density at radius 2 is 2.64 bits per heavy atom. The second kappa shape index (κ2) is 3.11. The van der Waals surface area contributed by atoms with E-state index >= 15 is 0 Å². The van der Waals surface area contributed by atoms with Gasteiger partial charge in [0, 0.05) is 7.05 Å². The lowest BCUT2D eigenvalue weighted by atomic mass is 10.6. The van der Waals surface area contributed by atoms with Crippen LogP contribution in [0.4, 0.5) is 5.95 Å². The molecule has 1 aromatic rings. The molecule has 0 aliphatic heterocycles. The molecule has 0 spiro atoms. The van der Waals surface area contributed by atoms with Gasteiger partial charge in [0.2, 0.25) is 11.9 Å². The van der Waals surface area contributed by atoms with Gasteiger partial charge in [-0.3, -0.25) is 10.1 Å². The molecule has 6 heteroatoms. The lowest BCUT2D eigenvalue weighted by Crippen LogP contribution is -2.23. The number of amides is 1. The first-order valence-corrected chi connectivity index (χ1v) is 3.08. The number of hydrogen-bond acceptors (Lipinski definition) is 4. The topological polar surface area (TPSA) is 85.8 Å². The molecule has 1 amide bonds. The van der Waals surface area contributed by atoms with Crippen molar-refractivity contribution in [1.82, 2.24) is 14.8 Å². The molecule has 1 aromatic heterocycles. The van der Waals surface area contributed by atoms with Crippen LogP contribution < -0.4 is 11.1 Å². The first kappa shape index (κ1) is 7.67. The Kier molecular flexibility index (Phi) is 2.17. The molecule has 0 aliphatic carbocycles. The van der Waals surface area contributed by atoms with Gasteiger partial charge in [-0.05, 0) is 0 Å². The van der Waals surface area contributed by atoms with E-state index in [-0.39, 0.29) is 12.5 Å². The molecule has 0 aliphatic rings. The zero-order valence-electron chi connectivity index (χ0n) is 6.11. The average Bonchev–Trinajstić information content (AvgIpc) is 2.37. The Labute approximate surface area is 63.4 Å². The Morgan fingerprint density at radius 3 is 3.09 bits per heavy atom. The molecular weight excluding hydrogens is 146 g/mol. The molecule has 0 atom stereocenters. The van der Waals surface area contributed by atoms with Gasteiger partial charge in [-0.1, -0.05) is 0 Å². The van der Waals surface area contributed by atoms with Crippen molar-refractivity contribution in [3.05, 3.63) is 6.33 Å². The van der Waals surface area contributed by atoms with Crippen LogP contribution in [0, 0.1) is 0 Å². The number of nitrogens with two attached hydrogens (primary N) is 1. The molecule has 0 bridgehead atoms. The van der Waals surface area contributed by atoms with Crippen LogP contribution in [-0.2, 0) is 11.8 Å². The molecule has 0 radical (unpaired) electrons. The van der Waals surface area contributed by atoms with E-state index in [1.807, 2.05) is 0 Å². The van der Waals surface area contributed by atoms with E-state index in [4.69, 9.17) is 5.73 Å². The lowest BCUT2D eigenvalue weighted by Gasteiger charge is -1.99. The van der Waals surface area contributed by atoms with Crippen molar-refractivity contribution in [2.45, 2.75) is 0 Å². The summed E-state index contributed by atoms with van der Waals surface area (Å²) < 4.78 is 1.59. The van der Waals surface area contributed by atoms with Crippen molar-refractivity contribution < 1.29 is 4.79 Å². The van der Waals surface area contributed by atoms with Crippen molar-refractivity contribution in [2.24, 2.45) is 12.8 Å². The van der Waals surface area contributed by atoms with Crippen molar-refractivity contribution in [2.75, 3.05) is 11.9 Å². The third-order valence-electron chi connectivity index (χ3n) is 1.15. The highest BCUT2D eigenvalue weighted by molar-refractivity contribution is 5.90. The van der Waals surface area contributed by atoms with E-state index < -0.39 is 0 Å². The Hall–Kier alpha value is -1.43. The predicted octanol–water partition coefficient (Wildman–Crippen LogP) is -1.29. The first-order valence-electron chi connectivity index (χ1n) is 3.08. The quantitative estimate of drug-likeness (QED) is 0.556. The third kappa shape index (κ3) is 1.74. The molecule has 0 saturated carbocycles. The van der Waals surface area contributed by atoms with E-state index in [1.165, 1.54) is 6.33 Å². The molecule has 1 heterocycles. The number of rotatable bonds is 2. The first-order chi connectivity index (χ1) is 5.24. The van der Waals surface area contributed by atoms with Crippen LogP contribution in [0.2, 0.25) is 0 Å². The fourth-order valence-electron chi connectivity index (χ4n) is 0.572. The summed E-state index contributed by atoms with van der Waals surface area (Å²) in [5.74, 6) is 0.126. The molecular formula is C5H9N5O. The number of nitrogens with zero attached hydrogens (tertiary/aromatic N) is 3. The molecule has 0 unspecified atom stereocenters. The molecule has 6 nitrogen and oxygen atoms in total. The van der Waals surface area contributed by atoms with Crippen molar-refractivity contribution in [3.8, 4) is 0 Å². The number of hydrogen-bond donors (Lipinski definition) is 2. The van der Waals surface area contributed by atoms with E-state index in [1.54, 1.807) is 11.6 Å². The van der Waals surface area contributed by atoms with Gasteiger partial charge in [-0.25, -0.2) is 0 Å². The Bertz CT molecular complexity index is 255. The lowest BCUT2D eigenvalue weighted by molar-refractivity contribution is -0.115. The molecule has 1 rings (SSSR count). The molecule has 0 fully saturated rings.